The van der Waals surface area contributed by atoms with Crippen LogP contribution in [0.15, 0.2) is 29.2 Å². The molecule has 0 bridgehead atoms. The van der Waals surface area contributed by atoms with E-state index in [4.69, 9.17) is 0 Å². The molecule has 152 valence electrons. The fourth-order valence-electron chi connectivity index (χ4n) is 3.60. The van der Waals surface area contributed by atoms with Gasteiger partial charge in [0, 0.05) is 32.1 Å². The topological polar surface area (TPSA) is 78.5 Å². The molecule has 1 atom stereocenters. The summed E-state index contributed by atoms with van der Waals surface area (Å²) < 4.78 is 26.8. The lowest BCUT2D eigenvalue weighted by molar-refractivity contribution is -0.121. The van der Waals surface area contributed by atoms with Crippen LogP contribution in [0.5, 0.6) is 0 Å². The second-order valence-electron chi connectivity index (χ2n) is 7.21. The van der Waals surface area contributed by atoms with E-state index in [0.29, 0.717) is 43.4 Å². The third-order valence-electron chi connectivity index (χ3n) is 5.22. The summed E-state index contributed by atoms with van der Waals surface area (Å²) in [5.74, 6) is 0.0451. The van der Waals surface area contributed by atoms with Crippen LogP contribution in [0.25, 0.3) is 0 Å². The Labute approximate surface area is 168 Å². The average molecular weight is 416 g/mol. The third kappa shape index (κ3) is 6.17. The number of sulfonamides is 1. The Balaban J connectivity index is 0.00000261. The molecule has 2 aliphatic heterocycles. The zero-order valence-electron chi connectivity index (χ0n) is 15.7. The van der Waals surface area contributed by atoms with Crippen molar-refractivity contribution in [3.05, 3.63) is 29.8 Å². The molecule has 2 fully saturated rings. The minimum Gasteiger partial charge on any atom is -0.355 e. The first-order valence-corrected chi connectivity index (χ1v) is 11.1. The molecule has 2 saturated heterocycles. The van der Waals surface area contributed by atoms with Crippen molar-refractivity contribution in [2.45, 2.75) is 55.9 Å². The van der Waals surface area contributed by atoms with Crippen molar-refractivity contribution in [3.63, 3.8) is 0 Å². The Morgan fingerprint density at radius 1 is 1.11 bits per heavy atom. The van der Waals surface area contributed by atoms with Crippen LogP contribution in [0.4, 0.5) is 0 Å². The van der Waals surface area contributed by atoms with Gasteiger partial charge in [0.05, 0.1) is 4.90 Å². The molecule has 0 aliphatic carbocycles. The summed E-state index contributed by atoms with van der Waals surface area (Å²) in [6, 6.07) is 7.38. The SMILES string of the molecule is Cl.O=C(CCc1ccc(S(=O)(=O)N2CCCCC2)cc1)NCC1CCCN1. The minimum atomic E-state index is -3.38. The monoisotopic (exact) mass is 415 g/mol. The van der Waals surface area contributed by atoms with Crippen LogP contribution in [0.3, 0.4) is 0 Å². The van der Waals surface area contributed by atoms with Gasteiger partial charge in [0.25, 0.3) is 0 Å². The first-order chi connectivity index (χ1) is 12.6. The highest BCUT2D eigenvalue weighted by Gasteiger charge is 2.25. The number of carbonyl (C=O) groups is 1. The molecule has 8 heteroatoms. The third-order valence-corrected chi connectivity index (χ3v) is 7.14. The maximum Gasteiger partial charge on any atom is 0.243 e. The van der Waals surface area contributed by atoms with Gasteiger partial charge in [-0.05, 0) is 56.3 Å². The van der Waals surface area contributed by atoms with Crippen molar-refractivity contribution >= 4 is 28.3 Å². The molecule has 1 amide bonds. The first-order valence-electron chi connectivity index (χ1n) is 9.65. The normalized spacial score (nSPS) is 20.8. The number of halogens is 1. The van der Waals surface area contributed by atoms with Gasteiger partial charge in [-0.3, -0.25) is 4.79 Å². The standard InChI is InChI=1S/C19H29N3O3S.ClH/c23-19(21-15-17-5-4-12-20-17)11-8-16-6-9-18(10-7-16)26(24,25)22-13-2-1-3-14-22;/h6-7,9-10,17,20H,1-5,8,11-15H2,(H,21,23);1H. The average Bonchev–Trinajstić information content (AvgIpc) is 3.19. The lowest BCUT2D eigenvalue weighted by Crippen LogP contribution is -2.37. The maximum atomic E-state index is 12.6. The smallest absolute Gasteiger partial charge is 0.243 e. The van der Waals surface area contributed by atoms with Gasteiger partial charge in [-0.2, -0.15) is 4.31 Å². The van der Waals surface area contributed by atoms with E-state index < -0.39 is 10.0 Å². The van der Waals surface area contributed by atoms with Gasteiger partial charge in [-0.15, -0.1) is 12.4 Å². The molecule has 1 unspecified atom stereocenters. The van der Waals surface area contributed by atoms with E-state index in [1.807, 2.05) is 12.1 Å². The van der Waals surface area contributed by atoms with Crippen molar-refractivity contribution in [1.29, 1.82) is 0 Å². The molecule has 2 aliphatic rings. The Bertz CT molecular complexity index is 697. The Kier molecular flexibility index (Phi) is 8.54. The highest BCUT2D eigenvalue weighted by Crippen LogP contribution is 2.21. The largest absolute Gasteiger partial charge is 0.355 e. The van der Waals surface area contributed by atoms with Crippen molar-refractivity contribution in [3.8, 4) is 0 Å². The van der Waals surface area contributed by atoms with Crippen LogP contribution in [-0.2, 0) is 21.2 Å². The van der Waals surface area contributed by atoms with Gasteiger partial charge in [-0.25, -0.2) is 8.42 Å². The summed E-state index contributed by atoms with van der Waals surface area (Å²) in [7, 11) is -3.38. The molecule has 2 heterocycles. The van der Waals surface area contributed by atoms with E-state index in [9.17, 15) is 13.2 Å². The molecule has 2 N–H and O–H groups in total. The van der Waals surface area contributed by atoms with Crippen LogP contribution in [0.2, 0.25) is 0 Å². The zero-order valence-corrected chi connectivity index (χ0v) is 17.3. The fourth-order valence-corrected chi connectivity index (χ4v) is 5.11. The predicted octanol–water partition coefficient (Wildman–Crippen LogP) is 2.08. The number of hydrogen-bond donors (Lipinski definition) is 2. The molecule has 0 spiro atoms. The molecule has 1 aromatic carbocycles. The van der Waals surface area contributed by atoms with Crippen molar-refractivity contribution in [1.82, 2.24) is 14.9 Å². The Morgan fingerprint density at radius 2 is 1.81 bits per heavy atom. The predicted molar refractivity (Wildman–Crippen MR) is 109 cm³/mol. The summed E-state index contributed by atoms with van der Waals surface area (Å²) in [6.07, 6.45) is 6.30. The zero-order chi connectivity index (χ0) is 18.4. The molecule has 27 heavy (non-hydrogen) atoms. The highest BCUT2D eigenvalue weighted by molar-refractivity contribution is 7.89. The quantitative estimate of drug-likeness (QED) is 0.714. The van der Waals surface area contributed by atoms with E-state index >= 15 is 0 Å². The number of piperidine rings is 1. The van der Waals surface area contributed by atoms with Crippen LogP contribution < -0.4 is 10.6 Å². The number of nitrogens with one attached hydrogen (secondary N) is 2. The summed E-state index contributed by atoms with van der Waals surface area (Å²) >= 11 is 0. The molecular formula is C19H30ClN3O3S. The van der Waals surface area contributed by atoms with Crippen LogP contribution in [0, 0.1) is 0 Å². The Hall–Kier alpha value is -1.15. The van der Waals surface area contributed by atoms with Gasteiger partial charge < -0.3 is 10.6 Å². The summed E-state index contributed by atoms with van der Waals surface area (Å²) in [4.78, 5) is 12.3. The second kappa shape index (κ2) is 10.4. The second-order valence-corrected chi connectivity index (χ2v) is 9.14. The van der Waals surface area contributed by atoms with Gasteiger partial charge in [0.15, 0.2) is 0 Å². The summed E-state index contributed by atoms with van der Waals surface area (Å²) in [5, 5.41) is 6.33. The highest BCUT2D eigenvalue weighted by atomic mass is 35.5. The van der Waals surface area contributed by atoms with Crippen molar-refractivity contribution in [2.75, 3.05) is 26.2 Å². The summed E-state index contributed by atoms with van der Waals surface area (Å²) in [5.41, 5.74) is 0.983. The molecule has 0 radical (unpaired) electrons. The van der Waals surface area contributed by atoms with Gasteiger partial charge in [0.2, 0.25) is 15.9 Å². The number of benzene rings is 1. The molecule has 0 saturated carbocycles. The molecule has 0 aromatic heterocycles. The van der Waals surface area contributed by atoms with E-state index in [0.717, 1.165) is 37.8 Å². The molecular weight excluding hydrogens is 386 g/mol. The number of hydrogen-bond acceptors (Lipinski definition) is 4. The Morgan fingerprint density at radius 3 is 2.44 bits per heavy atom. The van der Waals surface area contributed by atoms with Crippen LogP contribution in [-0.4, -0.2) is 50.9 Å². The van der Waals surface area contributed by atoms with Gasteiger partial charge >= 0.3 is 0 Å². The number of rotatable bonds is 7. The maximum absolute atomic E-state index is 12.6. The van der Waals surface area contributed by atoms with Gasteiger partial charge in [-0.1, -0.05) is 18.6 Å². The van der Waals surface area contributed by atoms with E-state index in [-0.39, 0.29) is 18.3 Å². The van der Waals surface area contributed by atoms with E-state index in [2.05, 4.69) is 10.6 Å². The van der Waals surface area contributed by atoms with Crippen LogP contribution in [0.1, 0.15) is 44.1 Å². The van der Waals surface area contributed by atoms with Gasteiger partial charge in [0.1, 0.15) is 0 Å². The number of nitrogens with zero attached hydrogens (tertiary/aromatic N) is 1. The van der Waals surface area contributed by atoms with Crippen LogP contribution >= 0.6 is 12.4 Å². The lowest BCUT2D eigenvalue weighted by Gasteiger charge is -2.25. The van der Waals surface area contributed by atoms with E-state index in [1.54, 1.807) is 16.4 Å². The summed E-state index contributed by atoms with van der Waals surface area (Å²) in [6.45, 7) is 2.94. The number of carbonyl (C=O) groups excluding carboxylic acids is 1. The first kappa shape index (κ1) is 22.1. The minimum absolute atomic E-state index is 0. The molecule has 1 aromatic rings. The number of aryl methyl sites for hydroxylation is 1. The van der Waals surface area contributed by atoms with Crippen molar-refractivity contribution in [2.24, 2.45) is 0 Å². The van der Waals surface area contributed by atoms with E-state index in [1.165, 1.54) is 6.42 Å². The molecule has 3 rings (SSSR count). The lowest BCUT2D eigenvalue weighted by atomic mass is 10.1. The molecule has 6 nitrogen and oxygen atoms in total. The number of amides is 1. The van der Waals surface area contributed by atoms with Crippen molar-refractivity contribution < 1.29 is 13.2 Å². The fraction of sp³-hybridized carbons (Fsp3) is 0.632.